The van der Waals surface area contributed by atoms with Crippen LogP contribution in [-0.2, 0) is 33.4 Å². The number of carbonyl (C=O) groups is 5. The maximum atomic E-state index is 13.3. The number of aliphatic hydroxyl groups is 3. The molecular formula is C25H33N3O13S. The highest BCUT2D eigenvalue weighted by molar-refractivity contribution is 7.99. The fraction of sp³-hybridized carbons (Fsp3) is 0.560. The number of nitroso groups, excluding NO2 is 1. The Labute approximate surface area is 244 Å². The normalized spacial score (nSPS) is 22.4. The van der Waals surface area contributed by atoms with Gasteiger partial charge in [-0.3, -0.25) is 24.5 Å². The van der Waals surface area contributed by atoms with Crippen molar-refractivity contribution in [1.29, 1.82) is 0 Å². The molecule has 1 aliphatic heterocycles. The summed E-state index contributed by atoms with van der Waals surface area (Å²) < 4.78 is 22.1. The summed E-state index contributed by atoms with van der Waals surface area (Å²) in [6.45, 7) is 3.99. The third-order valence-corrected chi connectivity index (χ3v) is 6.64. The highest BCUT2D eigenvalue weighted by atomic mass is 32.2. The van der Waals surface area contributed by atoms with E-state index in [1.165, 1.54) is 32.0 Å². The van der Waals surface area contributed by atoms with Crippen LogP contribution in [0.15, 0.2) is 28.8 Å². The predicted octanol–water partition coefficient (Wildman–Crippen LogP) is -0.327. The van der Waals surface area contributed by atoms with E-state index in [0.29, 0.717) is 11.9 Å². The van der Waals surface area contributed by atoms with Gasteiger partial charge in [0.2, 0.25) is 11.8 Å². The number of hydrogen-bond donors (Lipinski definition) is 5. The first-order chi connectivity index (χ1) is 19.7. The van der Waals surface area contributed by atoms with Gasteiger partial charge < -0.3 is 39.6 Å². The van der Waals surface area contributed by atoms with E-state index in [0.717, 1.165) is 13.8 Å². The van der Waals surface area contributed by atoms with Gasteiger partial charge in [0, 0.05) is 36.8 Å². The molecule has 0 radical (unpaired) electrons. The zero-order valence-electron chi connectivity index (χ0n) is 23.2. The minimum atomic E-state index is -2.70. The van der Waals surface area contributed by atoms with Crippen molar-refractivity contribution >= 4 is 41.7 Å². The molecule has 5 N–H and O–H groups in total. The van der Waals surface area contributed by atoms with Crippen molar-refractivity contribution in [3.63, 3.8) is 0 Å². The molecule has 2 rings (SSSR count). The molecule has 1 saturated heterocycles. The van der Waals surface area contributed by atoms with Crippen molar-refractivity contribution in [3.8, 4) is 5.75 Å². The van der Waals surface area contributed by atoms with Gasteiger partial charge in [0.25, 0.3) is 0 Å². The van der Waals surface area contributed by atoms with Gasteiger partial charge in [0.1, 0.15) is 29.6 Å². The van der Waals surface area contributed by atoms with Crippen molar-refractivity contribution in [2.24, 2.45) is 4.58 Å². The van der Waals surface area contributed by atoms with Crippen molar-refractivity contribution in [2.75, 3.05) is 13.2 Å². The van der Waals surface area contributed by atoms with Crippen molar-refractivity contribution in [2.45, 2.75) is 75.5 Å². The van der Waals surface area contributed by atoms with Crippen LogP contribution in [0.25, 0.3) is 0 Å². The summed E-state index contributed by atoms with van der Waals surface area (Å²) in [6.07, 6.45) is -5.91. The molecule has 1 aliphatic rings. The summed E-state index contributed by atoms with van der Waals surface area (Å²) in [7, 11) is 0. The number of esters is 3. The molecule has 0 saturated carbocycles. The molecule has 16 nitrogen and oxygen atoms in total. The molecule has 1 unspecified atom stereocenters. The van der Waals surface area contributed by atoms with Crippen LogP contribution in [0.5, 0.6) is 5.75 Å². The minimum Gasteiger partial charge on any atom is -0.462 e. The van der Waals surface area contributed by atoms with E-state index in [-0.39, 0.29) is 24.3 Å². The number of aliphatic hydroxyl groups excluding tert-OH is 3. The number of para-hydroxylation sites is 1. The van der Waals surface area contributed by atoms with Gasteiger partial charge in [-0.15, -0.1) is 4.91 Å². The Morgan fingerprint density at radius 3 is 2.40 bits per heavy atom. The standard InChI is InChI=1S/C25H33N3O13S/c1-13(30)26-20(24(3,4)42-28-37)22(35)27-25(21(34)19(33)17(12-29)40-25)41-18(32)10-7-11-38-23(36)15-8-5-6-9-16(15)39-14(2)31/h5-6,8-9,17,19-21,29,33-34H,7,10-12H2,1-4H3,(H,26,30)(H,27,35)/t17-,19+,20?,21-,25+/m1/s1. The largest absolute Gasteiger partial charge is 0.462 e. The van der Waals surface area contributed by atoms with Crippen molar-refractivity contribution in [1.82, 2.24) is 10.6 Å². The summed E-state index contributed by atoms with van der Waals surface area (Å²) in [5, 5.41) is 35.0. The highest BCUT2D eigenvalue weighted by Gasteiger charge is 2.59. The third kappa shape index (κ3) is 8.93. The smallest absolute Gasteiger partial charge is 0.341 e. The molecule has 42 heavy (non-hydrogen) atoms. The monoisotopic (exact) mass is 615 g/mol. The van der Waals surface area contributed by atoms with E-state index in [2.05, 4.69) is 15.2 Å². The number of amides is 2. The first-order valence-corrected chi connectivity index (χ1v) is 13.4. The van der Waals surface area contributed by atoms with Gasteiger partial charge in [-0.05, 0) is 32.4 Å². The maximum Gasteiger partial charge on any atom is 0.341 e. The number of hydrogen-bond acceptors (Lipinski definition) is 15. The number of carbonyl (C=O) groups excluding carboxylic acids is 5. The summed E-state index contributed by atoms with van der Waals surface area (Å²) in [4.78, 5) is 72.3. The predicted molar refractivity (Wildman–Crippen MR) is 143 cm³/mol. The second-order valence-electron chi connectivity index (χ2n) is 9.64. The molecule has 1 heterocycles. The number of ether oxygens (including phenoxy) is 4. The van der Waals surface area contributed by atoms with E-state index in [9.17, 15) is 44.2 Å². The lowest BCUT2D eigenvalue weighted by molar-refractivity contribution is -0.264. The molecule has 1 aromatic rings. The Morgan fingerprint density at radius 2 is 1.83 bits per heavy atom. The van der Waals surface area contributed by atoms with Gasteiger partial charge in [-0.2, -0.15) is 0 Å². The van der Waals surface area contributed by atoms with Crippen LogP contribution in [-0.4, -0.2) is 93.3 Å². The first-order valence-electron chi connectivity index (χ1n) is 12.6. The number of benzene rings is 1. The van der Waals surface area contributed by atoms with Gasteiger partial charge in [0.15, 0.2) is 6.10 Å². The van der Waals surface area contributed by atoms with Crippen LogP contribution in [0.3, 0.4) is 0 Å². The Morgan fingerprint density at radius 1 is 1.17 bits per heavy atom. The molecule has 0 spiro atoms. The second kappa shape index (κ2) is 15.0. The maximum absolute atomic E-state index is 13.3. The molecule has 1 aromatic carbocycles. The average Bonchev–Trinajstić information content (AvgIpc) is 3.13. The zero-order chi connectivity index (χ0) is 31.7. The molecule has 0 aromatic heterocycles. The average molecular weight is 616 g/mol. The molecule has 1 fully saturated rings. The Hall–Kier alpha value is -3.64. The first kappa shape index (κ1) is 34.6. The lowest BCUT2D eigenvalue weighted by atomic mass is 10.0. The summed E-state index contributed by atoms with van der Waals surface area (Å²) >= 11 is 0.434. The van der Waals surface area contributed by atoms with Crippen LogP contribution < -0.4 is 15.4 Å². The second-order valence-corrected chi connectivity index (χ2v) is 11.0. The van der Waals surface area contributed by atoms with E-state index in [1.807, 2.05) is 0 Å². The lowest BCUT2D eigenvalue weighted by Gasteiger charge is -2.36. The van der Waals surface area contributed by atoms with Crippen LogP contribution in [0.4, 0.5) is 0 Å². The number of nitrogens with zero attached hydrogens (tertiary/aromatic N) is 1. The summed E-state index contributed by atoms with van der Waals surface area (Å²) in [5.41, 5.74) is -0.0250. The van der Waals surface area contributed by atoms with Crippen LogP contribution in [0.1, 0.15) is 50.9 Å². The van der Waals surface area contributed by atoms with E-state index < -0.39 is 77.8 Å². The van der Waals surface area contributed by atoms with Crippen LogP contribution in [0.2, 0.25) is 0 Å². The van der Waals surface area contributed by atoms with Crippen molar-refractivity contribution < 1.29 is 58.2 Å². The molecule has 5 atom stereocenters. The lowest BCUT2D eigenvalue weighted by Crippen LogP contribution is -2.65. The molecule has 0 bridgehead atoms. The summed E-state index contributed by atoms with van der Waals surface area (Å²) in [5.74, 6) is -7.00. The fourth-order valence-corrected chi connectivity index (χ4v) is 4.32. The van der Waals surface area contributed by atoms with E-state index in [4.69, 9.17) is 18.9 Å². The minimum absolute atomic E-state index is 0.0143. The quantitative estimate of drug-likeness (QED) is 0.0450. The fourth-order valence-electron chi connectivity index (χ4n) is 3.86. The van der Waals surface area contributed by atoms with Crippen LogP contribution in [0, 0.1) is 4.91 Å². The summed E-state index contributed by atoms with van der Waals surface area (Å²) in [6, 6.07) is 4.39. The molecule has 17 heteroatoms. The Bertz CT molecular complexity index is 1180. The Balaban J connectivity index is 2.13. The SMILES string of the molecule is CC(=O)NC(C(=O)N[C@]1(OC(=O)CCCOC(=O)c2ccccc2OC(C)=O)O[C@H](CO)[C@H](O)[C@H]1O)C(C)(C)SN=O. The van der Waals surface area contributed by atoms with Gasteiger partial charge in [-0.25, -0.2) is 4.79 Å². The van der Waals surface area contributed by atoms with Gasteiger partial charge >= 0.3 is 23.8 Å². The zero-order valence-corrected chi connectivity index (χ0v) is 24.0. The van der Waals surface area contributed by atoms with E-state index >= 15 is 0 Å². The molecule has 232 valence electrons. The molecule has 2 amide bonds. The van der Waals surface area contributed by atoms with Crippen molar-refractivity contribution in [3.05, 3.63) is 34.7 Å². The number of rotatable bonds is 14. The van der Waals surface area contributed by atoms with Gasteiger partial charge in [0.05, 0.1) is 18.0 Å². The molecular weight excluding hydrogens is 582 g/mol. The topological polar surface area (TPSA) is 236 Å². The highest BCUT2D eigenvalue weighted by Crippen LogP contribution is 2.33. The van der Waals surface area contributed by atoms with Crippen LogP contribution >= 0.6 is 11.9 Å². The van der Waals surface area contributed by atoms with Gasteiger partial charge in [-0.1, -0.05) is 12.1 Å². The van der Waals surface area contributed by atoms with E-state index in [1.54, 1.807) is 6.07 Å². The molecule has 0 aliphatic carbocycles. The third-order valence-electron chi connectivity index (χ3n) is 5.86. The Kier molecular flexibility index (Phi) is 12.4. The number of nitrogens with one attached hydrogen (secondary N) is 2.